The Morgan fingerprint density at radius 3 is 2.00 bits per heavy atom. The van der Waals surface area contributed by atoms with Gasteiger partial charge in [-0.25, -0.2) is 0 Å². The van der Waals surface area contributed by atoms with Gasteiger partial charge in [0.1, 0.15) is 0 Å². The Labute approximate surface area is 159 Å². The van der Waals surface area contributed by atoms with E-state index in [4.69, 9.17) is 0 Å². The molecule has 0 aliphatic rings. The molecule has 2 rings (SSSR count). The Balaban J connectivity index is 1.77. The van der Waals surface area contributed by atoms with E-state index in [1.807, 2.05) is 39.0 Å². The number of rotatable bonds is 7. The Morgan fingerprint density at radius 1 is 0.852 bits per heavy atom. The van der Waals surface area contributed by atoms with Crippen LogP contribution in [0.1, 0.15) is 40.1 Å². The normalized spacial score (nSPS) is 10.4. The summed E-state index contributed by atoms with van der Waals surface area (Å²) in [5.74, 6) is -0.584. The molecule has 0 bridgehead atoms. The third kappa shape index (κ3) is 6.26. The maximum Gasteiger partial charge on any atom is 0.251 e. The maximum atomic E-state index is 12.1. The second-order valence-corrected chi connectivity index (χ2v) is 6.60. The van der Waals surface area contributed by atoms with Gasteiger partial charge < -0.3 is 16.0 Å². The smallest absolute Gasteiger partial charge is 0.251 e. The number of hydrogen-bond donors (Lipinski definition) is 3. The van der Waals surface area contributed by atoms with Crippen LogP contribution in [0.15, 0.2) is 48.5 Å². The average Bonchev–Trinajstić information content (AvgIpc) is 2.65. The number of carbonyl (C=O) groups is 3. The third-order valence-corrected chi connectivity index (χ3v) is 3.92. The van der Waals surface area contributed by atoms with Crippen molar-refractivity contribution in [1.82, 2.24) is 10.6 Å². The zero-order valence-corrected chi connectivity index (χ0v) is 15.8. The molecule has 3 amide bonds. The molecule has 0 unspecified atom stereocenters. The van der Waals surface area contributed by atoms with Crippen LogP contribution in [0.4, 0.5) is 5.69 Å². The summed E-state index contributed by atoms with van der Waals surface area (Å²) in [7, 11) is 0. The standard InChI is InChI=1S/C21H25N3O3/c1-14(2)19(25)24-18-9-7-16(8-10-18)20(26)22-11-12-23-21(27)17-6-4-5-15(3)13-17/h4-10,13-14H,11-12H2,1-3H3,(H,22,26)(H,23,27)(H,24,25). The van der Waals surface area contributed by atoms with E-state index >= 15 is 0 Å². The van der Waals surface area contributed by atoms with Crippen LogP contribution in [0.2, 0.25) is 0 Å². The van der Waals surface area contributed by atoms with E-state index in [1.54, 1.807) is 30.3 Å². The highest BCUT2D eigenvalue weighted by Gasteiger charge is 2.09. The average molecular weight is 367 g/mol. The molecule has 2 aromatic rings. The van der Waals surface area contributed by atoms with Crippen LogP contribution in [0.5, 0.6) is 0 Å². The predicted octanol–water partition coefficient (Wildman–Crippen LogP) is 2.75. The summed E-state index contributed by atoms with van der Waals surface area (Å²) in [6.45, 7) is 6.21. The van der Waals surface area contributed by atoms with Gasteiger partial charge in [0.15, 0.2) is 0 Å². The first-order valence-corrected chi connectivity index (χ1v) is 8.91. The van der Waals surface area contributed by atoms with E-state index in [2.05, 4.69) is 16.0 Å². The fourth-order valence-corrected chi connectivity index (χ4v) is 2.33. The van der Waals surface area contributed by atoms with E-state index < -0.39 is 0 Å². The van der Waals surface area contributed by atoms with Crippen LogP contribution in [-0.4, -0.2) is 30.8 Å². The Bertz CT molecular complexity index is 814. The quantitative estimate of drug-likeness (QED) is 0.658. The Morgan fingerprint density at radius 2 is 1.44 bits per heavy atom. The lowest BCUT2D eigenvalue weighted by Crippen LogP contribution is -2.34. The number of amides is 3. The minimum Gasteiger partial charge on any atom is -0.350 e. The molecular weight excluding hydrogens is 342 g/mol. The molecule has 0 radical (unpaired) electrons. The van der Waals surface area contributed by atoms with Crippen molar-refractivity contribution in [2.24, 2.45) is 5.92 Å². The number of carbonyl (C=O) groups excluding carboxylic acids is 3. The van der Waals surface area contributed by atoms with E-state index in [0.717, 1.165) is 5.56 Å². The number of anilines is 1. The summed E-state index contributed by atoms with van der Waals surface area (Å²) in [6.07, 6.45) is 0. The van der Waals surface area contributed by atoms with Crippen molar-refractivity contribution < 1.29 is 14.4 Å². The van der Waals surface area contributed by atoms with Crippen molar-refractivity contribution in [1.29, 1.82) is 0 Å². The van der Waals surface area contributed by atoms with Crippen molar-refractivity contribution >= 4 is 23.4 Å². The Hall–Kier alpha value is -3.15. The number of benzene rings is 2. The first kappa shape index (κ1) is 20.2. The van der Waals surface area contributed by atoms with Gasteiger partial charge in [0.2, 0.25) is 5.91 Å². The number of aryl methyl sites for hydroxylation is 1. The fraction of sp³-hybridized carbons (Fsp3) is 0.286. The lowest BCUT2D eigenvalue weighted by atomic mass is 10.1. The molecular formula is C21H25N3O3. The largest absolute Gasteiger partial charge is 0.350 e. The summed E-state index contributed by atoms with van der Waals surface area (Å²) in [5, 5.41) is 8.30. The van der Waals surface area contributed by atoms with Crippen LogP contribution in [0, 0.1) is 12.8 Å². The van der Waals surface area contributed by atoms with Crippen LogP contribution < -0.4 is 16.0 Å². The molecule has 0 atom stereocenters. The fourth-order valence-electron chi connectivity index (χ4n) is 2.33. The molecule has 0 saturated heterocycles. The molecule has 0 saturated carbocycles. The van der Waals surface area contributed by atoms with Crippen molar-refractivity contribution in [3.63, 3.8) is 0 Å². The van der Waals surface area contributed by atoms with E-state index in [1.165, 1.54) is 0 Å². The van der Waals surface area contributed by atoms with Crippen molar-refractivity contribution in [3.8, 4) is 0 Å². The summed E-state index contributed by atoms with van der Waals surface area (Å²) in [4.78, 5) is 35.8. The zero-order valence-electron chi connectivity index (χ0n) is 15.8. The predicted molar refractivity (Wildman–Crippen MR) is 106 cm³/mol. The van der Waals surface area contributed by atoms with Crippen molar-refractivity contribution in [2.45, 2.75) is 20.8 Å². The first-order chi connectivity index (χ1) is 12.9. The molecule has 0 aliphatic heterocycles. The minimum absolute atomic E-state index is 0.0726. The molecule has 0 spiro atoms. The number of nitrogens with one attached hydrogen (secondary N) is 3. The van der Waals surface area contributed by atoms with Crippen molar-refractivity contribution in [3.05, 3.63) is 65.2 Å². The molecule has 0 aliphatic carbocycles. The Kier molecular flexibility index (Phi) is 7.11. The third-order valence-electron chi connectivity index (χ3n) is 3.92. The SMILES string of the molecule is Cc1cccc(C(=O)NCCNC(=O)c2ccc(NC(=O)C(C)C)cc2)c1. The second kappa shape index (κ2) is 9.52. The van der Waals surface area contributed by atoms with Gasteiger partial charge >= 0.3 is 0 Å². The van der Waals surface area contributed by atoms with Crippen LogP contribution in [-0.2, 0) is 4.79 Å². The highest BCUT2D eigenvalue weighted by molar-refractivity contribution is 5.96. The lowest BCUT2D eigenvalue weighted by Gasteiger charge is -2.09. The molecule has 0 heterocycles. The topological polar surface area (TPSA) is 87.3 Å². The monoisotopic (exact) mass is 367 g/mol. The molecule has 3 N–H and O–H groups in total. The van der Waals surface area contributed by atoms with Gasteiger partial charge in [-0.15, -0.1) is 0 Å². The lowest BCUT2D eigenvalue weighted by molar-refractivity contribution is -0.118. The summed E-state index contributed by atoms with van der Waals surface area (Å²) in [5.41, 5.74) is 2.75. The summed E-state index contributed by atoms with van der Waals surface area (Å²) in [6, 6.07) is 14.0. The van der Waals surface area contributed by atoms with Gasteiger partial charge in [-0.3, -0.25) is 14.4 Å². The van der Waals surface area contributed by atoms with Gasteiger partial charge in [-0.05, 0) is 43.3 Å². The van der Waals surface area contributed by atoms with Gasteiger partial charge in [0.05, 0.1) is 0 Å². The summed E-state index contributed by atoms with van der Waals surface area (Å²) < 4.78 is 0. The molecule has 0 fully saturated rings. The second-order valence-electron chi connectivity index (χ2n) is 6.60. The van der Waals surface area contributed by atoms with Gasteiger partial charge in [-0.2, -0.15) is 0 Å². The highest BCUT2D eigenvalue weighted by atomic mass is 16.2. The van der Waals surface area contributed by atoms with Gasteiger partial charge in [-0.1, -0.05) is 31.5 Å². The van der Waals surface area contributed by atoms with Crippen molar-refractivity contribution in [2.75, 3.05) is 18.4 Å². The van der Waals surface area contributed by atoms with Gasteiger partial charge in [0, 0.05) is 35.8 Å². The van der Waals surface area contributed by atoms with Crippen LogP contribution >= 0.6 is 0 Å². The molecule has 6 heteroatoms. The van der Waals surface area contributed by atoms with E-state index in [9.17, 15) is 14.4 Å². The summed E-state index contributed by atoms with van der Waals surface area (Å²) >= 11 is 0. The maximum absolute atomic E-state index is 12.1. The van der Waals surface area contributed by atoms with E-state index in [0.29, 0.717) is 29.9 Å². The van der Waals surface area contributed by atoms with Crippen LogP contribution in [0.25, 0.3) is 0 Å². The van der Waals surface area contributed by atoms with E-state index in [-0.39, 0.29) is 23.6 Å². The van der Waals surface area contributed by atoms with Crippen LogP contribution in [0.3, 0.4) is 0 Å². The molecule has 142 valence electrons. The molecule has 2 aromatic carbocycles. The molecule has 6 nitrogen and oxygen atoms in total. The molecule has 0 aromatic heterocycles. The first-order valence-electron chi connectivity index (χ1n) is 8.91. The zero-order chi connectivity index (χ0) is 19.8. The number of hydrogen-bond acceptors (Lipinski definition) is 3. The molecule has 27 heavy (non-hydrogen) atoms. The van der Waals surface area contributed by atoms with Gasteiger partial charge in [0.25, 0.3) is 11.8 Å². The highest BCUT2D eigenvalue weighted by Crippen LogP contribution is 2.11. The minimum atomic E-state index is -0.235.